The van der Waals surface area contributed by atoms with Crippen molar-refractivity contribution in [3.05, 3.63) is 35.5 Å². The van der Waals surface area contributed by atoms with Crippen LogP contribution < -0.4 is 5.73 Å². The summed E-state index contributed by atoms with van der Waals surface area (Å²) in [5.74, 6) is 2.39. The zero-order valence-electron chi connectivity index (χ0n) is 16.3. The first-order chi connectivity index (χ1) is 13.1. The normalized spacial score (nSPS) is 11.4. The number of imidazole rings is 1. The Hall–Kier alpha value is -2.15. The second-order valence-electron chi connectivity index (χ2n) is 6.74. The van der Waals surface area contributed by atoms with Crippen LogP contribution in [0.5, 0.6) is 0 Å². The molecule has 1 radical (unpaired) electrons. The summed E-state index contributed by atoms with van der Waals surface area (Å²) in [6.07, 6.45) is 8.93. The number of hydrogen-bond donors (Lipinski definition) is 0. The van der Waals surface area contributed by atoms with Crippen molar-refractivity contribution in [1.29, 1.82) is 0 Å². The van der Waals surface area contributed by atoms with Gasteiger partial charge in [0.25, 0.3) is 0 Å². The van der Waals surface area contributed by atoms with Crippen molar-refractivity contribution >= 4 is 28.6 Å². The Morgan fingerprint density at radius 1 is 1.07 bits per heavy atom. The topological polar surface area (TPSA) is 80.3 Å². The molecule has 0 fully saturated rings. The lowest BCUT2D eigenvalue weighted by Crippen LogP contribution is -2.06. The Morgan fingerprint density at radius 2 is 1.85 bits per heavy atom. The van der Waals surface area contributed by atoms with Crippen molar-refractivity contribution in [2.45, 2.75) is 64.6 Å². The molecular weight excluding hydrogens is 356 g/mol. The molecule has 27 heavy (non-hydrogen) atoms. The van der Waals surface area contributed by atoms with Crippen molar-refractivity contribution in [1.82, 2.24) is 30.2 Å². The fourth-order valence-corrected chi connectivity index (χ4v) is 3.98. The number of nitrogens with zero attached hydrogens (tertiary/aromatic N) is 5. The van der Waals surface area contributed by atoms with E-state index in [-0.39, 0.29) is 0 Å². The minimum absolute atomic E-state index is 0.293. The van der Waals surface area contributed by atoms with Crippen molar-refractivity contribution in [2.75, 3.05) is 5.75 Å². The summed E-state index contributed by atoms with van der Waals surface area (Å²) in [5, 5.41) is 0.839. The number of rotatable bonds is 9. The van der Waals surface area contributed by atoms with E-state index in [1.165, 1.54) is 0 Å². The maximum atomic E-state index is 8.22. The van der Waals surface area contributed by atoms with Gasteiger partial charge in [-0.15, -0.1) is 0 Å². The van der Waals surface area contributed by atoms with Crippen LogP contribution in [-0.4, -0.2) is 30.3 Å². The fraction of sp³-hybridized carbons (Fsp3) is 0.500. The van der Waals surface area contributed by atoms with Crippen LogP contribution >= 0.6 is 11.8 Å². The number of nitrogens with one attached hydrogen (secondary N) is 1. The molecule has 6 nitrogen and oxygen atoms in total. The third kappa shape index (κ3) is 4.58. The molecule has 0 unspecified atom stereocenters. The maximum absolute atomic E-state index is 8.22. The Kier molecular flexibility index (Phi) is 6.66. The lowest BCUT2D eigenvalue weighted by Gasteiger charge is -2.11. The molecule has 0 atom stereocenters. The molecule has 0 spiro atoms. The molecule has 0 saturated carbocycles. The summed E-state index contributed by atoms with van der Waals surface area (Å²) in [4.78, 5) is 17.6. The van der Waals surface area contributed by atoms with Crippen LogP contribution in [0, 0.1) is 13.8 Å². The highest BCUT2D eigenvalue weighted by Crippen LogP contribution is 2.28. The van der Waals surface area contributed by atoms with Gasteiger partial charge in [0.2, 0.25) is 0 Å². The average Bonchev–Trinajstić information content (AvgIpc) is 3.04. The number of hydrogen-bond acceptors (Lipinski definition) is 5. The molecule has 1 N–H and O–H groups in total. The minimum atomic E-state index is 0.293. The van der Waals surface area contributed by atoms with E-state index in [1.807, 2.05) is 13.0 Å². The van der Waals surface area contributed by atoms with Gasteiger partial charge in [-0.1, -0.05) is 25.1 Å². The van der Waals surface area contributed by atoms with Gasteiger partial charge in [-0.05, 0) is 44.7 Å². The third-order valence-corrected chi connectivity index (χ3v) is 5.71. The minimum Gasteiger partial charge on any atom is -0.328 e. The first-order valence-corrected chi connectivity index (χ1v) is 10.6. The number of pyridine rings is 1. The standard InChI is InChI=1S/C20H27N6S/c1-4-5-9-16-25-17-18(14(2)15(3)24-19(17)21)26(16)12-6-7-13-27-20-22-10-8-11-23-20/h8,10-11,21H,4-7,9,12-13H2,1-3H3. The van der Waals surface area contributed by atoms with Crippen LogP contribution in [0.2, 0.25) is 0 Å². The molecular formula is C20H27N6S. The van der Waals surface area contributed by atoms with Crippen LogP contribution in [0.4, 0.5) is 5.82 Å². The van der Waals surface area contributed by atoms with Gasteiger partial charge in [-0.25, -0.2) is 19.9 Å². The third-order valence-electron chi connectivity index (χ3n) is 4.75. The highest BCUT2D eigenvalue weighted by atomic mass is 32.2. The van der Waals surface area contributed by atoms with Gasteiger partial charge >= 0.3 is 0 Å². The highest BCUT2D eigenvalue weighted by Gasteiger charge is 2.17. The second-order valence-corrected chi connectivity index (χ2v) is 7.80. The summed E-state index contributed by atoms with van der Waals surface area (Å²) < 4.78 is 2.33. The lowest BCUT2D eigenvalue weighted by atomic mass is 10.2. The van der Waals surface area contributed by atoms with Gasteiger partial charge in [0, 0.05) is 36.8 Å². The lowest BCUT2D eigenvalue weighted by molar-refractivity contribution is 0.605. The van der Waals surface area contributed by atoms with Crippen molar-refractivity contribution in [3.63, 3.8) is 0 Å². The fourth-order valence-electron chi connectivity index (χ4n) is 3.18. The second kappa shape index (κ2) is 9.17. The number of aryl methyl sites for hydroxylation is 4. The van der Waals surface area contributed by atoms with Crippen LogP contribution in [0.3, 0.4) is 0 Å². The van der Waals surface area contributed by atoms with Gasteiger partial charge in [-0.3, -0.25) is 5.73 Å². The maximum Gasteiger partial charge on any atom is 0.187 e. The molecule has 0 aliphatic heterocycles. The summed E-state index contributed by atoms with van der Waals surface area (Å²) in [5.41, 5.74) is 12.1. The van der Waals surface area contributed by atoms with E-state index >= 15 is 0 Å². The Bertz CT molecular complexity index is 891. The number of unbranched alkanes of at least 4 members (excludes halogenated alkanes) is 2. The van der Waals surface area contributed by atoms with E-state index < -0.39 is 0 Å². The zero-order chi connectivity index (χ0) is 19.2. The molecule has 7 heteroatoms. The Labute approximate surface area is 165 Å². The average molecular weight is 384 g/mol. The number of aromatic nitrogens is 5. The monoisotopic (exact) mass is 383 g/mol. The molecule has 143 valence electrons. The van der Waals surface area contributed by atoms with Gasteiger partial charge < -0.3 is 4.57 Å². The number of fused-ring (bicyclic) bond motifs is 1. The smallest absolute Gasteiger partial charge is 0.187 e. The predicted molar refractivity (Wildman–Crippen MR) is 110 cm³/mol. The van der Waals surface area contributed by atoms with Crippen molar-refractivity contribution in [3.8, 4) is 0 Å². The van der Waals surface area contributed by atoms with E-state index in [0.717, 1.165) is 77.7 Å². The van der Waals surface area contributed by atoms with E-state index in [0.29, 0.717) is 5.82 Å². The van der Waals surface area contributed by atoms with E-state index in [1.54, 1.807) is 24.2 Å². The Balaban J connectivity index is 1.73. The molecule has 3 aromatic heterocycles. The van der Waals surface area contributed by atoms with E-state index in [9.17, 15) is 0 Å². The quantitative estimate of drug-likeness (QED) is 0.305. The van der Waals surface area contributed by atoms with Gasteiger partial charge in [-0.2, -0.15) is 0 Å². The summed E-state index contributed by atoms with van der Waals surface area (Å²) in [6.45, 7) is 7.19. The predicted octanol–water partition coefficient (Wildman–Crippen LogP) is 4.67. The molecule has 3 rings (SSSR count). The summed E-state index contributed by atoms with van der Waals surface area (Å²) >= 11 is 1.70. The Morgan fingerprint density at radius 3 is 2.59 bits per heavy atom. The molecule has 0 saturated heterocycles. The van der Waals surface area contributed by atoms with Gasteiger partial charge in [0.05, 0.1) is 5.52 Å². The van der Waals surface area contributed by atoms with E-state index in [4.69, 9.17) is 10.7 Å². The summed E-state index contributed by atoms with van der Waals surface area (Å²) in [6, 6.07) is 1.84. The molecule has 0 amide bonds. The highest BCUT2D eigenvalue weighted by molar-refractivity contribution is 7.99. The van der Waals surface area contributed by atoms with Crippen LogP contribution in [0.1, 0.15) is 49.7 Å². The largest absolute Gasteiger partial charge is 0.328 e. The van der Waals surface area contributed by atoms with Gasteiger partial charge in [0.1, 0.15) is 11.3 Å². The molecule has 3 aromatic rings. The first kappa shape index (κ1) is 19.6. The SMILES string of the molecule is CCCCc1nc2c([NH])nc(C)c(C)c2n1CCCCSc1ncccn1. The number of thioether (sulfide) groups is 1. The first-order valence-electron chi connectivity index (χ1n) is 9.59. The molecule has 3 heterocycles. The molecule has 0 aliphatic rings. The van der Waals surface area contributed by atoms with Gasteiger partial charge in [0.15, 0.2) is 11.0 Å². The van der Waals surface area contributed by atoms with Crippen LogP contribution in [0.25, 0.3) is 11.0 Å². The van der Waals surface area contributed by atoms with Crippen LogP contribution in [0.15, 0.2) is 23.6 Å². The summed E-state index contributed by atoms with van der Waals surface area (Å²) in [7, 11) is 0. The van der Waals surface area contributed by atoms with Crippen LogP contribution in [-0.2, 0) is 13.0 Å². The molecule has 0 aliphatic carbocycles. The van der Waals surface area contributed by atoms with Crippen molar-refractivity contribution < 1.29 is 0 Å². The van der Waals surface area contributed by atoms with E-state index in [2.05, 4.69) is 33.4 Å². The van der Waals surface area contributed by atoms with Crippen molar-refractivity contribution in [2.24, 2.45) is 0 Å². The zero-order valence-corrected chi connectivity index (χ0v) is 17.1. The molecule has 0 bridgehead atoms. The molecule has 0 aromatic carbocycles.